The smallest absolute Gasteiger partial charge is 0.143 e. The van der Waals surface area contributed by atoms with Crippen LogP contribution >= 0.6 is 11.6 Å². The molecule has 0 radical (unpaired) electrons. The van der Waals surface area contributed by atoms with Gasteiger partial charge in [-0.1, -0.05) is 53.2 Å². The number of aromatic nitrogens is 1. The molecular formula is C24H26ClN3O3. The first kappa shape index (κ1) is 22.7. The Hall–Kier alpha value is -2.93. The van der Waals surface area contributed by atoms with Crippen LogP contribution in [-0.4, -0.2) is 42.1 Å². The largest absolute Gasteiger partial charge is 0.490 e. The van der Waals surface area contributed by atoms with Gasteiger partial charge in [0.05, 0.1) is 6.21 Å². The Morgan fingerprint density at radius 3 is 2.71 bits per heavy atom. The van der Waals surface area contributed by atoms with Crippen molar-refractivity contribution in [1.82, 2.24) is 10.3 Å². The van der Waals surface area contributed by atoms with Crippen LogP contribution in [0.15, 0.2) is 78.1 Å². The molecule has 0 saturated heterocycles. The Morgan fingerprint density at radius 1 is 1.06 bits per heavy atom. The number of pyridine rings is 1. The van der Waals surface area contributed by atoms with Gasteiger partial charge in [0.1, 0.15) is 25.1 Å². The topological polar surface area (TPSA) is 76.0 Å². The number of hydrogen-bond acceptors (Lipinski definition) is 6. The lowest BCUT2D eigenvalue weighted by Gasteiger charge is -2.14. The number of para-hydroxylation sites is 1. The van der Waals surface area contributed by atoms with Gasteiger partial charge in [0.2, 0.25) is 0 Å². The van der Waals surface area contributed by atoms with Crippen LogP contribution in [-0.2, 0) is 17.9 Å². The summed E-state index contributed by atoms with van der Waals surface area (Å²) >= 11 is 6.11. The molecule has 0 aliphatic heterocycles. The van der Waals surface area contributed by atoms with Gasteiger partial charge >= 0.3 is 0 Å². The summed E-state index contributed by atoms with van der Waals surface area (Å²) in [4.78, 5) is 9.63. The van der Waals surface area contributed by atoms with Gasteiger partial charge < -0.3 is 20.0 Å². The number of benzene rings is 2. The molecule has 2 N–H and O–H groups in total. The molecule has 6 nitrogen and oxygen atoms in total. The normalized spacial score (nSPS) is 12.1. The van der Waals surface area contributed by atoms with E-state index < -0.39 is 6.10 Å². The molecule has 0 aliphatic carbocycles. The number of hydrogen-bond donors (Lipinski definition) is 2. The van der Waals surface area contributed by atoms with E-state index in [1.807, 2.05) is 66.7 Å². The molecular weight excluding hydrogens is 414 g/mol. The first-order valence-electron chi connectivity index (χ1n) is 10.1. The SMILES string of the molecule is OC(CNCCc1ccccn1)COc1ccccc1/C=N/OCc1ccccc1Cl. The first-order chi connectivity index (χ1) is 15.2. The molecule has 0 spiro atoms. The van der Waals surface area contributed by atoms with Crippen LogP contribution in [0.1, 0.15) is 16.8 Å². The molecule has 1 atom stereocenters. The lowest BCUT2D eigenvalue weighted by Crippen LogP contribution is -2.32. The predicted octanol–water partition coefficient (Wildman–Crippen LogP) is 3.86. The minimum atomic E-state index is -0.634. The summed E-state index contributed by atoms with van der Waals surface area (Å²) in [6.07, 6.45) is 3.54. The Labute approximate surface area is 187 Å². The zero-order valence-corrected chi connectivity index (χ0v) is 17.9. The quantitative estimate of drug-likeness (QED) is 0.254. The molecule has 2 aromatic carbocycles. The molecule has 1 aromatic heterocycles. The highest BCUT2D eigenvalue weighted by Crippen LogP contribution is 2.17. The minimum Gasteiger partial charge on any atom is -0.490 e. The van der Waals surface area contributed by atoms with E-state index in [-0.39, 0.29) is 13.2 Å². The fourth-order valence-corrected chi connectivity index (χ4v) is 3.00. The summed E-state index contributed by atoms with van der Waals surface area (Å²) in [6.45, 7) is 1.62. The summed E-state index contributed by atoms with van der Waals surface area (Å²) in [7, 11) is 0. The molecule has 162 valence electrons. The van der Waals surface area contributed by atoms with Gasteiger partial charge in [0.15, 0.2) is 0 Å². The van der Waals surface area contributed by atoms with Crippen LogP contribution in [0.2, 0.25) is 5.02 Å². The van der Waals surface area contributed by atoms with Crippen molar-refractivity contribution in [2.24, 2.45) is 5.16 Å². The van der Waals surface area contributed by atoms with Gasteiger partial charge in [-0.05, 0) is 30.3 Å². The maximum atomic E-state index is 10.2. The number of nitrogens with zero attached hydrogens (tertiary/aromatic N) is 2. The number of ether oxygens (including phenoxy) is 1. The zero-order chi connectivity index (χ0) is 21.7. The van der Waals surface area contributed by atoms with E-state index in [0.717, 1.165) is 29.8 Å². The first-order valence-corrected chi connectivity index (χ1v) is 10.5. The lowest BCUT2D eigenvalue weighted by molar-refractivity contribution is 0.106. The molecule has 0 aliphatic rings. The van der Waals surface area contributed by atoms with Crippen molar-refractivity contribution in [3.05, 3.63) is 94.8 Å². The Balaban J connectivity index is 1.40. The number of aliphatic hydroxyl groups is 1. The molecule has 0 amide bonds. The third-order valence-electron chi connectivity index (χ3n) is 4.46. The second-order valence-corrected chi connectivity index (χ2v) is 7.28. The van der Waals surface area contributed by atoms with Crippen LogP contribution in [0.25, 0.3) is 0 Å². The maximum Gasteiger partial charge on any atom is 0.143 e. The van der Waals surface area contributed by atoms with E-state index in [4.69, 9.17) is 21.2 Å². The molecule has 1 heterocycles. The third-order valence-corrected chi connectivity index (χ3v) is 4.83. The van der Waals surface area contributed by atoms with Crippen molar-refractivity contribution in [3.8, 4) is 5.75 Å². The standard InChI is InChI=1S/C24H26ClN3O3/c25-23-10-3-1-8-20(23)17-31-28-15-19-7-2-4-11-24(19)30-18-22(29)16-26-14-12-21-9-5-6-13-27-21/h1-11,13,15,22,26,29H,12,14,16-18H2/b28-15+. The van der Waals surface area contributed by atoms with Crippen molar-refractivity contribution >= 4 is 17.8 Å². The van der Waals surface area contributed by atoms with Crippen LogP contribution in [0.4, 0.5) is 0 Å². The Morgan fingerprint density at radius 2 is 1.87 bits per heavy atom. The third kappa shape index (κ3) is 8.02. The van der Waals surface area contributed by atoms with Gasteiger partial charge in [0.25, 0.3) is 0 Å². The van der Waals surface area contributed by atoms with Crippen LogP contribution in [0.5, 0.6) is 5.75 Å². The summed E-state index contributed by atoms with van der Waals surface area (Å²) in [6, 6.07) is 20.8. The van der Waals surface area contributed by atoms with Crippen molar-refractivity contribution < 1.29 is 14.7 Å². The molecule has 0 bridgehead atoms. The lowest BCUT2D eigenvalue weighted by atomic mass is 10.2. The predicted molar refractivity (Wildman–Crippen MR) is 123 cm³/mol. The molecule has 1 unspecified atom stereocenters. The molecule has 31 heavy (non-hydrogen) atoms. The molecule has 7 heteroatoms. The fourth-order valence-electron chi connectivity index (χ4n) is 2.81. The van der Waals surface area contributed by atoms with Gasteiger partial charge in [0, 0.05) is 47.6 Å². The van der Waals surface area contributed by atoms with Crippen molar-refractivity contribution in [2.75, 3.05) is 19.7 Å². The highest BCUT2D eigenvalue weighted by atomic mass is 35.5. The molecule has 0 saturated carbocycles. The maximum absolute atomic E-state index is 10.2. The number of aliphatic hydroxyl groups excluding tert-OH is 1. The second kappa shape index (κ2) is 12.7. The highest BCUT2D eigenvalue weighted by molar-refractivity contribution is 6.31. The monoisotopic (exact) mass is 439 g/mol. The highest BCUT2D eigenvalue weighted by Gasteiger charge is 2.07. The number of oxime groups is 1. The van der Waals surface area contributed by atoms with Crippen LogP contribution < -0.4 is 10.1 Å². The van der Waals surface area contributed by atoms with Crippen molar-refractivity contribution in [2.45, 2.75) is 19.1 Å². The van der Waals surface area contributed by atoms with E-state index >= 15 is 0 Å². The summed E-state index contributed by atoms with van der Waals surface area (Å²) in [5.41, 5.74) is 2.65. The number of nitrogens with one attached hydrogen (secondary N) is 1. The summed E-state index contributed by atoms with van der Waals surface area (Å²) in [5, 5.41) is 18.1. The molecule has 3 rings (SSSR count). The van der Waals surface area contributed by atoms with Crippen molar-refractivity contribution in [3.63, 3.8) is 0 Å². The van der Waals surface area contributed by atoms with E-state index in [1.54, 1.807) is 12.4 Å². The van der Waals surface area contributed by atoms with E-state index in [2.05, 4.69) is 15.5 Å². The Bertz CT molecular complexity index is 954. The average Bonchev–Trinajstić information content (AvgIpc) is 2.80. The summed E-state index contributed by atoms with van der Waals surface area (Å²) < 4.78 is 5.78. The fraction of sp³-hybridized carbons (Fsp3) is 0.250. The van der Waals surface area contributed by atoms with E-state index in [9.17, 15) is 5.11 Å². The van der Waals surface area contributed by atoms with Gasteiger partial charge in [-0.3, -0.25) is 4.98 Å². The van der Waals surface area contributed by atoms with Crippen LogP contribution in [0, 0.1) is 0 Å². The van der Waals surface area contributed by atoms with E-state index in [0.29, 0.717) is 17.3 Å². The minimum absolute atomic E-state index is 0.169. The van der Waals surface area contributed by atoms with Gasteiger partial charge in [-0.25, -0.2) is 0 Å². The van der Waals surface area contributed by atoms with E-state index in [1.165, 1.54) is 0 Å². The summed E-state index contributed by atoms with van der Waals surface area (Å²) in [5.74, 6) is 0.625. The zero-order valence-electron chi connectivity index (χ0n) is 17.2. The number of halogens is 1. The Kier molecular flexibility index (Phi) is 9.32. The second-order valence-electron chi connectivity index (χ2n) is 6.88. The average molecular weight is 440 g/mol. The van der Waals surface area contributed by atoms with Crippen LogP contribution in [0.3, 0.4) is 0 Å². The number of rotatable bonds is 12. The molecule has 0 fully saturated rings. The van der Waals surface area contributed by atoms with Gasteiger partial charge in [-0.2, -0.15) is 0 Å². The molecule has 3 aromatic rings. The van der Waals surface area contributed by atoms with Crippen molar-refractivity contribution in [1.29, 1.82) is 0 Å². The van der Waals surface area contributed by atoms with Gasteiger partial charge in [-0.15, -0.1) is 0 Å².